The molecule has 1 saturated heterocycles. The Morgan fingerprint density at radius 2 is 2.11 bits per heavy atom. The third-order valence-corrected chi connectivity index (χ3v) is 5.47. The van der Waals surface area contributed by atoms with E-state index in [1.807, 2.05) is 0 Å². The van der Waals surface area contributed by atoms with Crippen molar-refractivity contribution in [3.05, 3.63) is 33.9 Å². The first-order chi connectivity index (χ1) is 12.9. The van der Waals surface area contributed by atoms with Crippen LogP contribution in [0.1, 0.15) is 18.4 Å². The molecule has 0 saturated carbocycles. The molecule has 0 aliphatic carbocycles. The molecule has 1 aromatic carbocycles. The van der Waals surface area contributed by atoms with Crippen LogP contribution in [0, 0.1) is 15.5 Å². The zero-order chi connectivity index (χ0) is 19.9. The number of nitro groups is 1. The first-order valence-electron chi connectivity index (χ1n) is 8.35. The zero-order valence-electron chi connectivity index (χ0n) is 14.9. The first-order valence-corrected chi connectivity index (χ1v) is 9.50. The Bertz CT molecular complexity index is 705. The number of carboxylic acids is 1. The van der Waals surface area contributed by atoms with Crippen LogP contribution in [-0.4, -0.2) is 54.5 Å². The molecule has 1 heterocycles. The SMILES string of the molecule is COc1ccc(CSCC(=O)NCC2(C(=O)O)CCOCC2)cc1[N+](=O)[O-]. The number of thioether (sulfide) groups is 1. The fourth-order valence-electron chi connectivity index (χ4n) is 2.78. The van der Waals surface area contributed by atoms with E-state index in [1.165, 1.54) is 31.0 Å². The largest absolute Gasteiger partial charge is 0.490 e. The van der Waals surface area contributed by atoms with Crippen LogP contribution < -0.4 is 10.1 Å². The standard InChI is InChI=1S/C17H22N2O7S/c1-25-14-3-2-12(8-13(14)19(23)24)9-27-10-15(20)18-11-17(16(21)22)4-6-26-7-5-17/h2-3,8H,4-7,9-11H2,1H3,(H,18,20)(H,21,22). The molecule has 0 spiro atoms. The van der Waals surface area contributed by atoms with Crippen molar-refractivity contribution in [1.29, 1.82) is 0 Å². The summed E-state index contributed by atoms with van der Waals surface area (Å²) in [6.45, 7) is 0.805. The summed E-state index contributed by atoms with van der Waals surface area (Å²) >= 11 is 1.29. The van der Waals surface area contributed by atoms with Gasteiger partial charge in [-0.05, 0) is 24.5 Å². The Labute approximate surface area is 160 Å². The number of aliphatic carboxylic acids is 1. The predicted octanol–water partition coefficient (Wildman–Crippen LogP) is 1.83. The number of nitro benzene ring substituents is 1. The van der Waals surface area contributed by atoms with Gasteiger partial charge in [-0.25, -0.2) is 0 Å². The van der Waals surface area contributed by atoms with Gasteiger partial charge in [0.15, 0.2) is 5.75 Å². The number of carbonyl (C=O) groups is 2. The summed E-state index contributed by atoms with van der Waals surface area (Å²) in [6.07, 6.45) is 0.733. The lowest BCUT2D eigenvalue weighted by atomic mass is 9.80. The topological polar surface area (TPSA) is 128 Å². The van der Waals surface area contributed by atoms with Gasteiger partial charge < -0.3 is 19.9 Å². The summed E-state index contributed by atoms with van der Waals surface area (Å²) in [6, 6.07) is 4.65. The first kappa shape index (κ1) is 21.0. The third kappa shape index (κ3) is 5.57. The van der Waals surface area contributed by atoms with E-state index < -0.39 is 16.3 Å². The Morgan fingerprint density at radius 3 is 2.70 bits per heavy atom. The number of nitrogens with one attached hydrogen (secondary N) is 1. The highest BCUT2D eigenvalue weighted by atomic mass is 32.2. The number of carboxylic acid groups (broad SMARTS) is 1. The van der Waals surface area contributed by atoms with Crippen LogP contribution >= 0.6 is 11.8 Å². The molecule has 1 aromatic rings. The number of methoxy groups -OCH3 is 1. The van der Waals surface area contributed by atoms with E-state index >= 15 is 0 Å². The van der Waals surface area contributed by atoms with E-state index in [2.05, 4.69) is 5.32 Å². The average Bonchev–Trinajstić information content (AvgIpc) is 2.66. The molecule has 0 bridgehead atoms. The lowest BCUT2D eigenvalue weighted by Crippen LogP contribution is -2.46. The Morgan fingerprint density at radius 1 is 1.41 bits per heavy atom. The zero-order valence-corrected chi connectivity index (χ0v) is 15.8. The second kappa shape index (κ2) is 9.56. The van der Waals surface area contributed by atoms with Crippen LogP contribution in [0.2, 0.25) is 0 Å². The molecule has 2 rings (SSSR count). The number of hydrogen-bond donors (Lipinski definition) is 2. The minimum absolute atomic E-state index is 0.0685. The van der Waals surface area contributed by atoms with Crippen LogP contribution in [-0.2, 0) is 20.1 Å². The molecule has 0 radical (unpaired) electrons. The monoisotopic (exact) mass is 398 g/mol. The second-order valence-electron chi connectivity index (χ2n) is 6.23. The highest BCUT2D eigenvalue weighted by Crippen LogP contribution is 2.30. The van der Waals surface area contributed by atoms with E-state index in [4.69, 9.17) is 9.47 Å². The molecule has 27 heavy (non-hydrogen) atoms. The van der Waals surface area contributed by atoms with E-state index in [-0.39, 0.29) is 29.6 Å². The lowest BCUT2D eigenvalue weighted by Gasteiger charge is -2.33. The van der Waals surface area contributed by atoms with Crippen LogP contribution in [0.15, 0.2) is 18.2 Å². The molecule has 1 aliphatic rings. The van der Waals surface area contributed by atoms with Crippen molar-refractivity contribution in [3.8, 4) is 5.75 Å². The van der Waals surface area contributed by atoms with Crippen LogP contribution in [0.5, 0.6) is 5.75 Å². The highest BCUT2D eigenvalue weighted by Gasteiger charge is 2.40. The van der Waals surface area contributed by atoms with Gasteiger partial charge in [-0.2, -0.15) is 0 Å². The Balaban J connectivity index is 1.83. The average molecular weight is 398 g/mol. The van der Waals surface area contributed by atoms with Crippen molar-refractivity contribution < 1.29 is 29.1 Å². The van der Waals surface area contributed by atoms with Gasteiger partial charge >= 0.3 is 11.7 Å². The molecule has 0 aromatic heterocycles. The number of hydrogen-bond acceptors (Lipinski definition) is 7. The molecule has 148 valence electrons. The molecule has 10 heteroatoms. The van der Waals surface area contributed by atoms with Crippen LogP contribution in [0.4, 0.5) is 5.69 Å². The fraction of sp³-hybridized carbons (Fsp3) is 0.529. The van der Waals surface area contributed by atoms with Crippen LogP contribution in [0.25, 0.3) is 0 Å². The minimum Gasteiger partial charge on any atom is -0.490 e. The van der Waals surface area contributed by atoms with Gasteiger partial charge in [-0.1, -0.05) is 6.07 Å². The third-order valence-electron chi connectivity index (χ3n) is 4.47. The van der Waals surface area contributed by atoms with Gasteiger partial charge in [0.05, 0.1) is 23.2 Å². The lowest BCUT2D eigenvalue weighted by molar-refractivity contribution is -0.385. The van der Waals surface area contributed by atoms with E-state index in [1.54, 1.807) is 6.07 Å². The molecule has 0 unspecified atom stereocenters. The van der Waals surface area contributed by atoms with Gasteiger partial charge in [0.25, 0.3) is 0 Å². The molecule has 0 atom stereocenters. The summed E-state index contributed by atoms with van der Waals surface area (Å²) in [7, 11) is 1.36. The number of carbonyl (C=O) groups excluding carboxylic acids is 1. The van der Waals surface area contributed by atoms with Crippen molar-refractivity contribution in [3.63, 3.8) is 0 Å². The van der Waals surface area contributed by atoms with Gasteiger partial charge in [-0.15, -0.1) is 11.8 Å². The van der Waals surface area contributed by atoms with E-state index in [9.17, 15) is 24.8 Å². The summed E-state index contributed by atoms with van der Waals surface area (Å²) < 4.78 is 10.2. The summed E-state index contributed by atoms with van der Waals surface area (Å²) in [5.41, 5.74) is -0.399. The van der Waals surface area contributed by atoms with Crippen LogP contribution in [0.3, 0.4) is 0 Å². The van der Waals surface area contributed by atoms with Crippen molar-refractivity contribution in [1.82, 2.24) is 5.32 Å². The second-order valence-corrected chi connectivity index (χ2v) is 7.22. The molecular weight excluding hydrogens is 376 g/mol. The van der Waals surface area contributed by atoms with Crippen molar-refractivity contribution in [2.24, 2.45) is 5.41 Å². The normalized spacial score (nSPS) is 15.7. The number of rotatable bonds is 9. The minimum atomic E-state index is -0.977. The molecular formula is C17H22N2O7S. The van der Waals surface area contributed by atoms with Crippen molar-refractivity contribution in [2.45, 2.75) is 18.6 Å². The van der Waals surface area contributed by atoms with Gasteiger partial charge in [0.1, 0.15) is 0 Å². The van der Waals surface area contributed by atoms with Gasteiger partial charge in [-0.3, -0.25) is 19.7 Å². The number of nitrogens with zero attached hydrogens (tertiary/aromatic N) is 1. The molecule has 2 N–H and O–H groups in total. The van der Waals surface area contributed by atoms with E-state index in [0.717, 1.165) is 0 Å². The highest BCUT2D eigenvalue weighted by molar-refractivity contribution is 7.99. The van der Waals surface area contributed by atoms with Gasteiger partial charge in [0, 0.05) is 31.6 Å². The number of benzene rings is 1. The number of ether oxygens (including phenoxy) is 2. The predicted molar refractivity (Wildman–Crippen MR) is 98.9 cm³/mol. The van der Waals surface area contributed by atoms with E-state index in [0.29, 0.717) is 37.4 Å². The van der Waals surface area contributed by atoms with Crippen molar-refractivity contribution in [2.75, 3.05) is 32.6 Å². The van der Waals surface area contributed by atoms with Gasteiger partial charge in [0.2, 0.25) is 5.91 Å². The summed E-state index contributed by atoms with van der Waals surface area (Å²) in [5, 5.41) is 23.2. The maximum atomic E-state index is 12.0. The molecule has 9 nitrogen and oxygen atoms in total. The summed E-state index contributed by atoms with van der Waals surface area (Å²) in [4.78, 5) is 34.1. The maximum absolute atomic E-state index is 12.0. The van der Waals surface area contributed by atoms with Crippen molar-refractivity contribution >= 4 is 29.3 Å². The molecule has 1 aliphatic heterocycles. The smallest absolute Gasteiger partial charge is 0.311 e. The Kier molecular flexibility index (Phi) is 7.43. The Hall–Kier alpha value is -2.33. The maximum Gasteiger partial charge on any atom is 0.311 e. The molecule has 1 amide bonds. The quantitative estimate of drug-likeness (QED) is 0.476. The molecule has 1 fully saturated rings. The number of amides is 1. The summed E-state index contributed by atoms with van der Waals surface area (Å²) in [5.74, 6) is -0.469. The fourth-order valence-corrected chi connectivity index (χ4v) is 3.58.